The first-order chi connectivity index (χ1) is 8.08. The van der Waals surface area contributed by atoms with E-state index in [0.717, 1.165) is 11.3 Å². The van der Waals surface area contributed by atoms with Crippen molar-refractivity contribution in [2.24, 2.45) is 5.73 Å². The zero-order valence-electron chi connectivity index (χ0n) is 10.1. The molecule has 0 fully saturated rings. The van der Waals surface area contributed by atoms with Gasteiger partial charge < -0.3 is 11.1 Å². The van der Waals surface area contributed by atoms with Gasteiger partial charge in [-0.2, -0.15) is 0 Å². The van der Waals surface area contributed by atoms with E-state index in [1.807, 2.05) is 13.8 Å². The average molecular weight is 236 g/mol. The second kappa shape index (κ2) is 4.45. The molecule has 3 nitrogen and oxygen atoms in total. The molecule has 1 aromatic carbocycles. The van der Waals surface area contributed by atoms with Gasteiger partial charge in [0.15, 0.2) is 0 Å². The fourth-order valence-electron chi connectivity index (χ4n) is 2.34. The number of halogens is 1. The Morgan fingerprint density at radius 3 is 2.76 bits per heavy atom. The molecule has 1 aliphatic rings. The number of fused-ring (bicyclic) bond motifs is 1. The predicted molar refractivity (Wildman–Crippen MR) is 65.3 cm³/mol. The summed E-state index contributed by atoms with van der Waals surface area (Å²) in [5.41, 5.74) is 8.12. The van der Waals surface area contributed by atoms with Crippen molar-refractivity contribution < 1.29 is 9.18 Å². The molecule has 2 unspecified atom stereocenters. The Morgan fingerprint density at radius 1 is 1.47 bits per heavy atom. The van der Waals surface area contributed by atoms with E-state index in [9.17, 15) is 9.18 Å². The smallest absolute Gasteiger partial charge is 0.232 e. The van der Waals surface area contributed by atoms with Crippen LogP contribution in [0.25, 0.3) is 0 Å². The Labute approximate surface area is 100 Å². The Bertz CT molecular complexity index is 459. The fraction of sp³-hybridized carbons (Fsp3) is 0.462. The first-order valence-electron chi connectivity index (χ1n) is 5.98. The molecular weight excluding hydrogens is 219 g/mol. The highest BCUT2D eigenvalue weighted by atomic mass is 19.1. The normalized spacial score (nSPS) is 20.0. The summed E-state index contributed by atoms with van der Waals surface area (Å²) >= 11 is 0. The second-order valence-electron chi connectivity index (χ2n) is 4.42. The number of rotatable bonds is 3. The van der Waals surface area contributed by atoms with E-state index < -0.39 is 0 Å². The molecule has 4 heteroatoms. The van der Waals surface area contributed by atoms with Crippen molar-refractivity contribution in [2.45, 2.75) is 38.6 Å². The molecule has 0 saturated heterocycles. The first kappa shape index (κ1) is 12.0. The SMILES string of the molecule is CCC(N)c1cc(F)cc2c1NC(=O)C2CC. The van der Waals surface area contributed by atoms with Crippen LogP contribution in [-0.4, -0.2) is 5.91 Å². The highest BCUT2D eigenvalue weighted by Gasteiger charge is 2.32. The number of carbonyl (C=O) groups is 1. The standard InChI is InChI=1S/C13H17FN2O/c1-3-8-9-5-7(14)6-10(11(15)4-2)12(9)16-13(8)17/h5-6,8,11H,3-4,15H2,1-2H3,(H,16,17). The van der Waals surface area contributed by atoms with E-state index in [1.54, 1.807) is 0 Å². The summed E-state index contributed by atoms with van der Waals surface area (Å²) in [4.78, 5) is 11.8. The molecular formula is C13H17FN2O. The van der Waals surface area contributed by atoms with Gasteiger partial charge in [-0.15, -0.1) is 0 Å². The average Bonchev–Trinajstić information content (AvgIpc) is 2.62. The molecule has 0 radical (unpaired) electrons. The molecule has 1 heterocycles. The number of benzene rings is 1. The Morgan fingerprint density at radius 2 is 2.18 bits per heavy atom. The van der Waals surface area contributed by atoms with Gasteiger partial charge in [-0.05, 0) is 36.1 Å². The first-order valence-corrected chi connectivity index (χ1v) is 5.98. The van der Waals surface area contributed by atoms with Gasteiger partial charge in [-0.25, -0.2) is 4.39 Å². The van der Waals surface area contributed by atoms with Gasteiger partial charge in [0, 0.05) is 11.7 Å². The van der Waals surface area contributed by atoms with Gasteiger partial charge in [0.05, 0.1) is 5.92 Å². The molecule has 92 valence electrons. The van der Waals surface area contributed by atoms with Crippen molar-refractivity contribution in [2.75, 3.05) is 5.32 Å². The third kappa shape index (κ3) is 1.93. The molecule has 0 spiro atoms. The number of nitrogens with two attached hydrogens (primary N) is 1. The zero-order valence-corrected chi connectivity index (χ0v) is 10.1. The van der Waals surface area contributed by atoms with Gasteiger partial charge in [0.25, 0.3) is 0 Å². The molecule has 2 rings (SSSR count). The third-order valence-corrected chi connectivity index (χ3v) is 3.35. The topological polar surface area (TPSA) is 55.1 Å². The molecule has 1 aliphatic heterocycles. The summed E-state index contributed by atoms with van der Waals surface area (Å²) in [6.45, 7) is 3.86. The molecule has 3 N–H and O–H groups in total. The molecule has 17 heavy (non-hydrogen) atoms. The van der Waals surface area contributed by atoms with E-state index in [4.69, 9.17) is 5.73 Å². The Balaban J connectivity index is 2.55. The van der Waals surface area contributed by atoms with Crippen LogP contribution in [0.5, 0.6) is 0 Å². The van der Waals surface area contributed by atoms with Gasteiger partial charge in [-0.3, -0.25) is 4.79 Å². The predicted octanol–water partition coefficient (Wildman–Crippen LogP) is 2.68. The second-order valence-corrected chi connectivity index (χ2v) is 4.42. The molecule has 0 aromatic heterocycles. The quantitative estimate of drug-likeness (QED) is 0.847. The van der Waals surface area contributed by atoms with Crippen LogP contribution in [0.15, 0.2) is 12.1 Å². The third-order valence-electron chi connectivity index (χ3n) is 3.35. The number of hydrogen-bond donors (Lipinski definition) is 2. The Kier molecular flexibility index (Phi) is 3.15. The summed E-state index contributed by atoms with van der Waals surface area (Å²) in [6.07, 6.45) is 1.38. The molecule has 0 bridgehead atoms. The van der Waals surface area contributed by atoms with Crippen molar-refractivity contribution in [3.63, 3.8) is 0 Å². The van der Waals surface area contributed by atoms with Crippen LogP contribution in [0.3, 0.4) is 0 Å². The lowest BCUT2D eigenvalue weighted by molar-refractivity contribution is -0.117. The molecule has 1 aromatic rings. The van der Waals surface area contributed by atoms with Crippen LogP contribution < -0.4 is 11.1 Å². The fourth-order valence-corrected chi connectivity index (χ4v) is 2.34. The van der Waals surface area contributed by atoms with Crippen LogP contribution in [-0.2, 0) is 4.79 Å². The van der Waals surface area contributed by atoms with Crippen molar-refractivity contribution in [1.82, 2.24) is 0 Å². The van der Waals surface area contributed by atoms with E-state index >= 15 is 0 Å². The minimum Gasteiger partial charge on any atom is -0.325 e. The van der Waals surface area contributed by atoms with E-state index in [0.29, 0.717) is 18.4 Å². The van der Waals surface area contributed by atoms with Crippen LogP contribution in [0, 0.1) is 5.82 Å². The van der Waals surface area contributed by atoms with Crippen LogP contribution in [0.1, 0.15) is 49.8 Å². The molecule has 0 saturated carbocycles. The van der Waals surface area contributed by atoms with Crippen molar-refractivity contribution in [1.29, 1.82) is 0 Å². The summed E-state index contributed by atoms with van der Waals surface area (Å²) < 4.78 is 13.6. The summed E-state index contributed by atoms with van der Waals surface area (Å²) in [7, 11) is 0. The summed E-state index contributed by atoms with van der Waals surface area (Å²) in [6, 6.07) is 2.62. The van der Waals surface area contributed by atoms with Gasteiger partial charge in [0.2, 0.25) is 5.91 Å². The Hall–Kier alpha value is -1.42. The number of amides is 1. The van der Waals surface area contributed by atoms with Gasteiger partial charge >= 0.3 is 0 Å². The molecule has 1 amide bonds. The van der Waals surface area contributed by atoms with E-state index in [1.165, 1.54) is 12.1 Å². The van der Waals surface area contributed by atoms with E-state index in [2.05, 4.69) is 5.32 Å². The van der Waals surface area contributed by atoms with Crippen LogP contribution >= 0.6 is 0 Å². The van der Waals surface area contributed by atoms with Crippen LogP contribution in [0.4, 0.5) is 10.1 Å². The molecule has 2 atom stereocenters. The van der Waals surface area contributed by atoms with Crippen molar-refractivity contribution in [3.8, 4) is 0 Å². The number of hydrogen-bond acceptors (Lipinski definition) is 2. The van der Waals surface area contributed by atoms with Crippen LogP contribution in [0.2, 0.25) is 0 Å². The summed E-state index contributed by atoms with van der Waals surface area (Å²) in [5.74, 6) is -0.626. The lowest BCUT2D eigenvalue weighted by Crippen LogP contribution is -2.13. The minimum absolute atomic E-state index is 0.0577. The lowest BCUT2D eigenvalue weighted by Gasteiger charge is -2.14. The highest BCUT2D eigenvalue weighted by molar-refractivity contribution is 6.03. The zero-order chi connectivity index (χ0) is 12.6. The monoisotopic (exact) mass is 236 g/mol. The maximum atomic E-state index is 13.6. The number of anilines is 1. The van der Waals surface area contributed by atoms with Crippen molar-refractivity contribution in [3.05, 3.63) is 29.1 Å². The maximum absolute atomic E-state index is 13.6. The number of nitrogens with one attached hydrogen (secondary N) is 1. The van der Waals surface area contributed by atoms with Gasteiger partial charge in [-0.1, -0.05) is 13.8 Å². The molecule has 0 aliphatic carbocycles. The van der Waals surface area contributed by atoms with Crippen molar-refractivity contribution >= 4 is 11.6 Å². The summed E-state index contributed by atoms with van der Waals surface area (Å²) in [5, 5.41) is 2.82. The van der Waals surface area contributed by atoms with Gasteiger partial charge in [0.1, 0.15) is 5.82 Å². The lowest BCUT2D eigenvalue weighted by atomic mass is 9.93. The minimum atomic E-state index is -0.322. The largest absolute Gasteiger partial charge is 0.325 e. The number of carbonyl (C=O) groups excluding carboxylic acids is 1. The highest BCUT2D eigenvalue weighted by Crippen LogP contribution is 2.39. The maximum Gasteiger partial charge on any atom is 0.232 e. The van der Waals surface area contributed by atoms with E-state index in [-0.39, 0.29) is 23.7 Å².